The van der Waals surface area contributed by atoms with Crippen molar-refractivity contribution < 1.29 is 26.4 Å². The summed E-state index contributed by atoms with van der Waals surface area (Å²) in [6, 6.07) is 19.4. The number of nitrogens with one attached hydrogen (secondary N) is 2. The van der Waals surface area contributed by atoms with Gasteiger partial charge in [-0.25, -0.2) is 31.5 Å². The number of anilines is 3. The molecule has 1 aliphatic rings. The third-order valence-electron chi connectivity index (χ3n) is 6.07. The summed E-state index contributed by atoms with van der Waals surface area (Å²) in [5.74, 6) is -0.446. The summed E-state index contributed by atoms with van der Waals surface area (Å²) in [7, 11) is -8.05. The van der Waals surface area contributed by atoms with Crippen molar-refractivity contribution in [2.24, 2.45) is 0 Å². The van der Waals surface area contributed by atoms with Gasteiger partial charge in [-0.2, -0.15) is 0 Å². The number of carbonyl (C=O) groups excluding carboxylic acids is 1. The molecule has 0 saturated heterocycles. The van der Waals surface area contributed by atoms with Gasteiger partial charge in [-0.05, 0) is 80.6 Å². The first kappa shape index (κ1) is 28.3. The molecule has 3 aromatic carbocycles. The Morgan fingerprint density at radius 1 is 0.902 bits per heavy atom. The van der Waals surface area contributed by atoms with Crippen molar-refractivity contribution in [1.82, 2.24) is 9.97 Å². The molecule has 0 aliphatic carbocycles. The number of sulfonamides is 2. The number of hydrogen-bond acceptors (Lipinski definition) is 8. The number of ether oxygens (including phenoxy) is 1. The summed E-state index contributed by atoms with van der Waals surface area (Å²) < 4.78 is 62.0. The standard InChI is InChI=1S/C27H24ClN5O6S2/c1-17-15-18(2)30-27(29-17)32-40(35,36)21-13-9-20(10-14-21)31-26(34)25-16-33(23-5-3-4-6-24(23)39-25)41(37,38)22-11-7-19(28)8-12-22/h3-15,25H,16H2,1-2H3,(H,31,34)(H,29,30,32). The molecule has 41 heavy (non-hydrogen) atoms. The van der Waals surface area contributed by atoms with Gasteiger partial charge < -0.3 is 10.1 Å². The first-order valence-corrected chi connectivity index (χ1v) is 15.5. The van der Waals surface area contributed by atoms with Gasteiger partial charge in [0.05, 0.1) is 22.0 Å². The molecule has 0 spiro atoms. The minimum atomic E-state index is -4.05. The molecule has 14 heteroatoms. The fourth-order valence-corrected chi connectivity index (χ4v) is 6.74. The molecule has 5 rings (SSSR count). The number of aryl methyl sites for hydroxylation is 2. The second kappa shape index (κ2) is 11.0. The van der Waals surface area contributed by atoms with E-state index in [0.29, 0.717) is 22.1 Å². The Bertz CT molecular complexity index is 1810. The minimum Gasteiger partial charge on any atom is -0.476 e. The third-order valence-corrected chi connectivity index (χ3v) is 9.46. The zero-order valence-electron chi connectivity index (χ0n) is 21.8. The maximum absolute atomic E-state index is 13.5. The third kappa shape index (κ3) is 6.11. The minimum absolute atomic E-state index is 0.00870. The molecule has 11 nitrogen and oxygen atoms in total. The smallest absolute Gasteiger partial charge is 0.267 e. The number of aromatic nitrogens is 2. The van der Waals surface area contributed by atoms with Crippen LogP contribution in [0.15, 0.2) is 88.7 Å². The number of hydrogen-bond donors (Lipinski definition) is 2. The van der Waals surface area contributed by atoms with Crippen molar-refractivity contribution in [2.45, 2.75) is 29.7 Å². The lowest BCUT2D eigenvalue weighted by molar-refractivity contribution is -0.122. The average Bonchev–Trinajstić information content (AvgIpc) is 2.92. The summed E-state index contributed by atoms with van der Waals surface area (Å²) in [5.41, 5.74) is 1.80. The van der Waals surface area contributed by atoms with Crippen LogP contribution in [-0.2, 0) is 24.8 Å². The molecule has 1 aliphatic heterocycles. The summed E-state index contributed by atoms with van der Waals surface area (Å²) in [6.45, 7) is 3.16. The van der Waals surface area contributed by atoms with E-state index >= 15 is 0 Å². The Morgan fingerprint density at radius 3 is 2.17 bits per heavy atom. The molecule has 0 fully saturated rings. The largest absolute Gasteiger partial charge is 0.476 e. The van der Waals surface area contributed by atoms with Gasteiger partial charge in [0.1, 0.15) is 5.75 Å². The molecule has 1 aromatic heterocycles. The lowest BCUT2D eigenvalue weighted by Gasteiger charge is -2.34. The second-order valence-corrected chi connectivity index (χ2v) is 13.1. The van der Waals surface area contributed by atoms with E-state index < -0.39 is 32.1 Å². The Kier molecular flexibility index (Phi) is 7.60. The van der Waals surface area contributed by atoms with Crippen molar-refractivity contribution in [3.05, 3.63) is 95.3 Å². The molecule has 1 atom stereocenters. The Labute approximate surface area is 242 Å². The Morgan fingerprint density at radius 2 is 1.51 bits per heavy atom. The molecule has 1 amide bonds. The molecule has 2 N–H and O–H groups in total. The van der Waals surface area contributed by atoms with Crippen LogP contribution in [0.4, 0.5) is 17.3 Å². The lowest BCUT2D eigenvalue weighted by atomic mass is 10.2. The van der Waals surface area contributed by atoms with E-state index in [4.69, 9.17) is 16.3 Å². The van der Waals surface area contributed by atoms with Gasteiger partial charge >= 0.3 is 0 Å². The van der Waals surface area contributed by atoms with E-state index in [0.717, 1.165) is 4.31 Å². The zero-order valence-corrected chi connectivity index (χ0v) is 24.2. The van der Waals surface area contributed by atoms with Gasteiger partial charge in [-0.15, -0.1) is 0 Å². The number of halogens is 1. The number of benzene rings is 3. The van der Waals surface area contributed by atoms with E-state index in [2.05, 4.69) is 20.0 Å². The van der Waals surface area contributed by atoms with Gasteiger partial charge in [-0.3, -0.25) is 9.10 Å². The first-order valence-electron chi connectivity index (χ1n) is 12.2. The molecule has 212 valence electrons. The van der Waals surface area contributed by atoms with Crippen LogP contribution in [0.3, 0.4) is 0 Å². The van der Waals surface area contributed by atoms with E-state index in [-0.39, 0.29) is 33.7 Å². The molecule has 0 saturated carbocycles. The van der Waals surface area contributed by atoms with Crippen LogP contribution in [0.25, 0.3) is 0 Å². The second-order valence-electron chi connectivity index (χ2n) is 9.16. The van der Waals surface area contributed by atoms with Crippen LogP contribution in [-0.4, -0.2) is 45.4 Å². The van der Waals surface area contributed by atoms with Crippen LogP contribution in [0.5, 0.6) is 5.75 Å². The van der Waals surface area contributed by atoms with Crippen molar-refractivity contribution >= 4 is 54.9 Å². The highest BCUT2D eigenvalue weighted by molar-refractivity contribution is 7.93. The maximum Gasteiger partial charge on any atom is 0.267 e. The molecule has 0 bridgehead atoms. The van der Waals surface area contributed by atoms with Gasteiger partial charge in [0.15, 0.2) is 6.10 Å². The number of amides is 1. The maximum atomic E-state index is 13.5. The predicted octanol–water partition coefficient (Wildman–Crippen LogP) is 4.14. The van der Waals surface area contributed by atoms with Crippen LogP contribution >= 0.6 is 11.6 Å². The van der Waals surface area contributed by atoms with Gasteiger partial charge in [0.2, 0.25) is 5.95 Å². The molecule has 1 unspecified atom stereocenters. The van der Waals surface area contributed by atoms with Gasteiger partial charge in [0.25, 0.3) is 26.0 Å². The van der Waals surface area contributed by atoms with Crippen molar-refractivity contribution in [3.63, 3.8) is 0 Å². The van der Waals surface area contributed by atoms with Crippen molar-refractivity contribution in [3.8, 4) is 5.75 Å². The number of rotatable bonds is 7. The highest BCUT2D eigenvalue weighted by Crippen LogP contribution is 2.37. The van der Waals surface area contributed by atoms with E-state index in [9.17, 15) is 21.6 Å². The van der Waals surface area contributed by atoms with Crippen LogP contribution in [0.1, 0.15) is 11.4 Å². The van der Waals surface area contributed by atoms with E-state index in [1.54, 1.807) is 44.2 Å². The number of fused-ring (bicyclic) bond motifs is 1. The van der Waals surface area contributed by atoms with E-state index in [1.807, 2.05) is 0 Å². The number of nitrogens with zero attached hydrogens (tertiary/aromatic N) is 3. The Balaban J connectivity index is 1.34. The highest BCUT2D eigenvalue weighted by atomic mass is 35.5. The van der Waals surface area contributed by atoms with Crippen molar-refractivity contribution in [2.75, 3.05) is 20.9 Å². The topological polar surface area (TPSA) is 148 Å². The lowest BCUT2D eigenvalue weighted by Crippen LogP contribution is -2.48. The van der Waals surface area contributed by atoms with Crippen LogP contribution in [0, 0.1) is 13.8 Å². The SMILES string of the molecule is Cc1cc(C)nc(NS(=O)(=O)c2ccc(NC(=O)C3CN(S(=O)(=O)c4ccc(Cl)cc4)c4ccccc4O3)cc2)n1. The zero-order chi connectivity index (χ0) is 29.4. The Hall–Kier alpha value is -4.20. The highest BCUT2D eigenvalue weighted by Gasteiger charge is 2.37. The molecular formula is C27H24ClN5O6S2. The predicted molar refractivity (Wildman–Crippen MR) is 154 cm³/mol. The van der Waals surface area contributed by atoms with Crippen LogP contribution in [0.2, 0.25) is 5.02 Å². The van der Waals surface area contributed by atoms with Crippen molar-refractivity contribution in [1.29, 1.82) is 0 Å². The molecule has 4 aromatic rings. The van der Waals surface area contributed by atoms with E-state index in [1.165, 1.54) is 48.5 Å². The summed E-state index contributed by atoms with van der Waals surface area (Å²) >= 11 is 5.93. The molecular weight excluding hydrogens is 590 g/mol. The number of para-hydroxylation sites is 2. The monoisotopic (exact) mass is 613 g/mol. The summed E-state index contributed by atoms with van der Waals surface area (Å²) in [4.78, 5) is 21.3. The van der Waals surface area contributed by atoms with Crippen LogP contribution < -0.4 is 19.1 Å². The fraction of sp³-hybridized carbons (Fsp3) is 0.148. The summed E-state index contributed by atoms with van der Waals surface area (Å²) in [5, 5.41) is 3.05. The number of carbonyl (C=O) groups is 1. The average molecular weight is 614 g/mol. The van der Waals surface area contributed by atoms with Gasteiger partial charge in [0, 0.05) is 22.1 Å². The fourth-order valence-electron chi connectivity index (χ4n) is 4.19. The quantitative estimate of drug-likeness (QED) is 0.316. The summed E-state index contributed by atoms with van der Waals surface area (Å²) in [6.07, 6.45) is -1.20. The normalized spacial score (nSPS) is 15.0. The molecule has 0 radical (unpaired) electrons. The van der Waals surface area contributed by atoms with Gasteiger partial charge in [-0.1, -0.05) is 23.7 Å². The first-order chi connectivity index (χ1) is 19.4. The molecule has 2 heterocycles.